The predicted octanol–water partition coefficient (Wildman–Crippen LogP) is 2.87. The summed E-state index contributed by atoms with van der Waals surface area (Å²) in [6, 6.07) is 2.26. The molecular weight excluding hydrogens is 234 g/mol. The van der Waals surface area contributed by atoms with Crippen LogP contribution in [0.5, 0.6) is 5.75 Å². The zero-order valence-corrected chi connectivity index (χ0v) is 10.9. The lowest BCUT2D eigenvalue weighted by atomic mass is 9.98. The van der Waals surface area contributed by atoms with Crippen molar-refractivity contribution in [2.45, 2.75) is 44.1 Å². The van der Waals surface area contributed by atoms with E-state index >= 15 is 0 Å². The first-order valence-corrected chi connectivity index (χ1v) is 6.67. The van der Waals surface area contributed by atoms with Crippen molar-refractivity contribution in [1.29, 1.82) is 0 Å². The van der Waals surface area contributed by atoms with E-state index < -0.39 is 0 Å². The molecule has 2 aliphatic rings. The largest absolute Gasteiger partial charge is 0.495 e. The number of hydrogen-bond donors (Lipinski definition) is 1. The summed E-state index contributed by atoms with van der Waals surface area (Å²) in [7, 11) is 1.70. The summed E-state index contributed by atoms with van der Waals surface area (Å²) in [6.07, 6.45) is 6.55. The topological polar surface area (TPSA) is 35.2 Å². The Kier molecular flexibility index (Phi) is 2.60. The van der Waals surface area contributed by atoms with Crippen LogP contribution < -0.4 is 10.5 Å². The summed E-state index contributed by atoms with van der Waals surface area (Å²) >= 11 is 6.44. The molecule has 1 aromatic carbocycles. The lowest BCUT2D eigenvalue weighted by Crippen LogP contribution is -2.25. The van der Waals surface area contributed by atoms with E-state index in [-0.39, 0.29) is 5.54 Å². The van der Waals surface area contributed by atoms with Gasteiger partial charge < -0.3 is 10.5 Å². The molecule has 2 N–H and O–H groups in total. The number of nitrogens with two attached hydrogens (primary N) is 1. The maximum atomic E-state index is 6.44. The van der Waals surface area contributed by atoms with Gasteiger partial charge >= 0.3 is 0 Å². The summed E-state index contributed by atoms with van der Waals surface area (Å²) in [5.41, 5.74) is 10.1. The Morgan fingerprint density at radius 1 is 1.41 bits per heavy atom. The van der Waals surface area contributed by atoms with Crippen LogP contribution in [0.15, 0.2) is 6.07 Å². The number of rotatable bonds is 3. The van der Waals surface area contributed by atoms with Crippen LogP contribution in [0.4, 0.5) is 0 Å². The fourth-order valence-electron chi connectivity index (χ4n) is 2.80. The van der Waals surface area contributed by atoms with Crippen LogP contribution in [0, 0.1) is 0 Å². The monoisotopic (exact) mass is 251 g/mol. The fraction of sp³-hybridized carbons (Fsp3) is 0.571. The van der Waals surface area contributed by atoms with E-state index in [2.05, 4.69) is 6.07 Å². The highest BCUT2D eigenvalue weighted by molar-refractivity contribution is 6.33. The van der Waals surface area contributed by atoms with Crippen molar-refractivity contribution in [3.8, 4) is 5.75 Å². The molecule has 2 nitrogen and oxygen atoms in total. The molecule has 3 rings (SSSR count). The minimum absolute atomic E-state index is 0.00342. The van der Waals surface area contributed by atoms with Gasteiger partial charge in [0.1, 0.15) is 5.75 Å². The van der Waals surface area contributed by atoms with Crippen LogP contribution in [0.1, 0.15) is 36.0 Å². The lowest BCUT2D eigenvalue weighted by molar-refractivity contribution is 0.407. The van der Waals surface area contributed by atoms with Crippen LogP contribution in [0.25, 0.3) is 0 Å². The Morgan fingerprint density at radius 2 is 2.18 bits per heavy atom. The van der Waals surface area contributed by atoms with Gasteiger partial charge in [-0.25, -0.2) is 0 Å². The molecule has 92 valence electrons. The molecule has 0 aliphatic heterocycles. The maximum Gasteiger partial charge on any atom is 0.141 e. The molecule has 0 aromatic heterocycles. The summed E-state index contributed by atoms with van der Waals surface area (Å²) < 4.78 is 5.49. The predicted molar refractivity (Wildman–Crippen MR) is 69.9 cm³/mol. The Morgan fingerprint density at radius 3 is 2.82 bits per heavy atom. The molecule has 17 heavy (non-hydrogen) atoms. The van der Waals surface area contributed by atoms with E-state index in [9.17, 15) is 0 Å². The minimum Gasteiger partial charge on any atom is -0.495 e. The van der Waals surface area contributed by atoms with Crippen LogP contribution in [-0.2, 0) is 19.3 Å². The zero-order chi connectivity index (χ0) is 12.0. The third-order valence-corrected chi connectivity index (χ3v) is 4.40. The molecule has 0 spiro atoms. The molecule has 0 saturated heterocycles. The molecule has 0 bridgehead atoms. The van der Waals surface area contributed by atoms with Gasteiger partial charge in [-0.15, -0.1) is 0 Å². The first-order valence-electron chi connectivity index (χ1n) is 6.29. The molecule has 1 fully saturated rings. The zero-order valence-electron chi connectivity index (χ0n) is 10.2. The normalized spacial score (nSPS) is 20.2. The first-order chi connectivity index (χ1) is 8.13. The van der Waals surface area contributed by atoms with Gasteiger partial charge in [0.05, 0.1) is 12.1 Å². The van der Waals surface area contributed by atoms with Gasteiger partial charge in [-0.1, -0.05) is 17.7 Å². The molecule has 0 heterocycles. The van der Waals surface area contributed by atoms with Crippen molar-refractivity contribution in [3.05, 3.63) is 27.8 Å². The summed E-state index contributed by atoms with van der Waals surface area (Å²) in [5.74, 6) is 0.851. The third kappa shape index (κ3) is 1.94. The molecule has 0 radical (unpaired) electrons. The molecule has 0 unspecified atom stereocenters. The van der Waals surface area contributed by atoms with Crippen molar-refractivity contribution < 1.29 is 4.74 Å². The molecule has 0 amide bonds. The average molecular weight is 252 g/mol. The highest BCUT2D eigenvalue weighted by Crippen LogP contribution is 2.43. The second-order valence-corrected chi connectivity index (χ2v) is 5.79. The van der Waals surface area contributed by atoms with Gasteiger partial charge in [0.15, 0.2) is 0 Å². The van der Waals surface area contributed by atoms with Gasteiger partial charge in [0.2, 0.25) is 0 Å². The fourth-order valence-corrected chi connectivity index (χ4v) is 3.21. The molecule has 1 saturated carbocycles. The van der Waals surface area contributed by atoms with Gasteiger partial charge in [-0.3, -0.25) is 0 Å². The first kappa shape index (κ1) is 11.4. The molecular formula is C14H18ClNO. The van der Waals surface area contributed by atoms with Gasteiger partial charge in [0, 0.05) is 5.54 Å². The highest BCUT2D eigenvalue weighted by Gasteiger charge is 2.39. The maximum absolute atomic E-state index is 6.44. The van der Waals surface area contributed by atoms with Crippen molar-refractivity contribution in [2.75, 3.05) is 7.11 Å². The molecule has 0 atom stereocenters. The molecule has 3 heteroatoms. The SMILES string of the molecule is COc1c(CC2(N)CC2)cc2c(c1Cl)CCC2. The standard InChI is InChI=1S/C14H18ClNO/c1-17-13-10(8-14(16)5-6-14)7-9-3-2-4-11(9)12(13)15/h7H,2-6,8,16H2,1H3. The van der Waals surface area contributed by atoms with E-state index in [0.29, 0.717) is 0 Å². The Labute approximate surface area is 107 Å². The number of halogens is 1. The third-order valence-electron chi connectivity index (χ3n) is 4.00. The highest BCUT2D eigenvalue weighted by atomic mass is 35.5. The van der Waals surface area contributed by atoms with Crippen molar-refractivity contribution in [2.24, 2.45) is 5.73 Å². The van der Waals surface area contributed by atoms with Crippen molar-refractivity contribution in [1.82, 2.24) is 0 Å². The smallest absolute Gasteiger partial charge is 0.141 e. The lowest BCUT2D eigenvalue weighted by Gasteiger charge is -2.17. The van der Waals surface area contributed by atoms with Gasteiger partial charge in [0.25, 0.3) is 0 Å². The van der Waals surface area contributed by atoms with Crippen LogP contribution in [-0.4, -0.2) is 12.6 Å². The van der Waals surface area contributed by atoms with Crippen molar-refractivity contribution in [3.63, 3.8) is 0 Å². The summed E-state index contributed by atoms with van der Waals surface area (Å²) in [6.45, 7) is 0. The molecule has 2 aliphatic carbocycles. The number of ether oxygens (including phenoxy) is 1. The Hall–Kier alpha value is -0.730. The summed E-state index contributed by atoms with van der Waals surface area (Å²) in [4.78, 5) is 0. The van der Waals surface area contributed by atoms with E-state index in [1.54, 1.807) is 7.11 Å². The number of hydrogen-bond acceptors (Lipinski definition) is 2. The number of aryl methyl sites for hydroxylation is 1. The number of benzene rings is 1. The van der Waals surface area contributed by atoms with E-state index in [4.69, 9.17) is 22.1 Å². The number of methoxy groups -OCH3 is 1. The van der Waals surface area contributed by atoms with Crippen LogP contribution in [0.3, 0.4) is 0 Å². The van der Waals surface area contributed by atoms with Gasteiger partial charge in [-0.05, 0) is 55.2 Å². The minimum atomic E-state index is 0.00342. The van der Waals surface area contributed by atoms with E-state index in [1.807, 2.05) is 0 Å². The Bertz CT molecular complexity index is 466. The van der Waals surface area contributed by atoms with E-state index in [0.717, 1.165) is 42.9 Å². The van der Waals surface area contributed by atoms with Crippen LogP contribution in [0.2, 0.25) is 5.02 Å². The second kappa shape index (κ2) is 3.89. The van der Waals surface area contributed by atoms with Crippen molar-refractivity contribution >= 4 is 11.6 Å². The molecule has 1 aromatic rings. The summed E-state index contributed by atoms with van der Waals surface area (Å²) in [5, 5.41) is 0.821. The number of fused-ring (bicyclic) bond motifs is 1. The average Bonchev–Trinajstić information content (AvgIpc) is 2.83. The van der Waals surface area contributed by atoms with Crippen LogP contribution >= 0.6 is 11.6 Å². The van der Waals surface area contributed by atoms with Gasteiger partial charge in [-0.2, -0.15) is 0 Å². The Balaban J connectivity index is 2.04. The van der Waals surface area contributed by atoms with E-state index in [1.165, 1.54) is 23.1 Å². The second-order valence-electron chi connectivity index (χ2n) is 5.41. The quantitative estimate of drug-likeness (QED) is 0.897.